The Morgan fingerprint density at radius 2 is 2.07 bits per heavy atom. The van der Waals surface area contributed by atoms with Gasteiger partial charge in [0, 0.05) is 48.9 Å². The van der Waals surface area contributed by atoms with E-state index in [1.807, 2.05) is 19.3 Å². The van der Waals surface area contributed by atoms with E-state index in [1.165, 1.54) is 0 Å². The van der Waals surface area contributed by atoms with Gasteiger partial charge in [-0.25, -0.2) is 4.39 Å². The van der Waals surface area contributed by atoms with Crippen LogP contribution in [0.15, 0.2) is 42.7 Å². The van der Waals surface area contributed by atoms with E-state index in [4.69, 9.17) is 4.74 Å². The molecule has 8 heteroatoms. The molecule has 2 bridgehead atoms. The maximum atomic E-state index is 14.7. The summed E-state index contributed by atoms with van der Waals surface area (Å²) in [5.41, 5.74) is 2.88. The summed E-state index contributed by atoms with van der Waals surface area (Å²) in [6.07, 6.45) is 5.67. The van der Waals surface area contributed by atoms with Crippen LogP contribution in [0.2, 0.25) is 0 Å². The summed E-state index contributed by atoms with van der Waals surface area (Å²) in [5, 5.41) is 26.3. The molecule has 4 atom stereocenters. The van der Waals surface area contributed by atoms with Crippen LogP contribution in [0.1, 0.15) is 25.7 Å². The minimum Gasteiger partial charge on any atom is -0.507 e. The molecule has 4 heterocycles. The van der Waals surface area contributed by atoms with Crippen LogP contribution in [0, 0.1) is 0 Å². The van der Waals surface area contributed by atoms with Gasteiger partial charge in [0.1, 0.15) is 11.9 Å². The lowest BCUT2D eigenvalue weighted by molar-refractivity contribution is 0.00652. The van der Waals surface area contributed by atoms with E-state index in [-0.39, 0.29) is 11.8 Å². The maximum absolute atomic E-state index is 14.7. The van der Waals surface area contributed by atoms with Crippen LogP contribution in [-0.2, 0) is 7.05 Å². The molecular formula is C22H24FN5O2. The Morgan fingerprint density at radius 1 is 1.17 bits per heavy atom. The fourth-order valence-corrected chi connectivity index (χ4v) is 4.45. The van der Waals surface area contributed by atoms with Gasteiger partial charge < -0.3 is 15.2 Å². The van der Waals surface area contributed by atoms with Gasteiger partial charge in [0.15, 0.2) is 6.17 Å². The summed E-state index contributed by atoms with van der Waals surface area (Å²) in [5.74, 6) is 0.409. The summed E-state index contributed by atoms with van der Waals surface area (Å²) >= 11 is 0. The van der Waals surface area contributed by atoms with Crippen LogP contribution in [0.25, 0.3) is 22.4 Å². The first-order valence-corrected chi connectivity index (χ1v) is 10.3. The van der Waals surface area contributed by atoms with Gasteiger partial charge in [0.05, 0.1) is 11.9 Å². The molecule has 2 aliphatic heterocycles. The van der Waals surface area contributed by atoms with Crippen LogP contribution >= 0.6 is 0 Å². The molecule has 30 heavy (non-hydrogen) atoms. The number of benzene rings is 1. The Bertz CT molecular complexity index is 1040. The third-order valence-corrected chi connectivity index (χ3v) is 6.00. The number of alkyl halides is 1. The van der Waals surface area contributed by atoms with Gasteiger partial charge in [-0.05, 0) is 36.6 Å². The zero-order valence-corrected chi connectivity index (χ0v) is 16.7. The number of piperidine rings is 2. The van der Waals surface area contributed by atoms with Gasteiger partial charge in [-0.3, -0.25) is 4.68 Å². The summed E-state index contributed by atoms with van der Waals surface area (Å²) in [6, 6.07) is 8.97. The summed E-state index contributed by atoms with van der Waals surface area (Å²) in [4.78, 5) is 0. The van der Waals surface area contributed by atoms with Crippen molar-refractivity contribution in [3.05, 3.63) is 42.7 Å². The average molecular weight is 409 g/mol. The minimum absolute atomic E-state index is 0.106. The van der Waals surface area contributed by atoms with Gasteiger partial charge in [0.25, 0.3) is 0 Å². The Balaban J connectivity index is 1.31. The standard InChI is InChI=1S/C22H24FN5O2/c1-28-12-14(11-24-28)13-5-6-16(19(29)9-13)17-7-8-21(27-26-17)30-20-10-15-3-2-4-18(25-15)22(20)23/h5-9,11-12,15,18,20,22,25,29H,2-4,10H2,1H3/t15-,18+,20-,22+/m1/s1. The number of hydrogen-bond donors (Lipinski definition) is 2. The highest BCUT2D eigenvalue weighted by molar-refractivity contribution is 5.73. The second-order valence-corrected chi connectivity index (χ2v) is 8.13. The van der Waals surface area contributed by atoms with Gasteiger partial charge in [0.2, 0.25) is 5.88 Å². The highest BCUT2D eigenvalue weighted by Gasteiger charge is 2.41. The van der Waals surface area contributed by atoms with E-state index in [9.17, 15) is 9.50 Å². The summed E-state index contributed by atoms with van der Waals surface area (Å²) < 4.78 is 22.3. The molecular weight excluding hydrogens is 385 g/mol. The van der Waals surface area contributed by atoms with Crippen LogP contribution < -0.4 is 10.1 Å². The monoisotopic (exact) mass is 409 g/mol. The molecule has 156 valence electrons. The highest BCUT2D eigenvalue weighted by atomic mass is 19.1. The van der Waals surface area contributed by atoms with Crippen LogP contribution in [0.4, 0.5) is 4.39 Å². The van der Waals surface area contributed by atoms with Gasteiger partial charge in [-0.15, -0.1) is 10.2 Å². The lowest BCUT2D eigenvalue weighted by Crippen LogP contribution is -2.59. The Labute approximate surface area is 173 Å². The molecule has 5 rings (SSSR count). The van der Waals surface area contributed by atoms with E-state index >= 15 is 0 Å². The first-order valence-electron chi connectivity index (χ1n) is 10.3. The van der Waals surface area contributed by atoms with Crippen molar-refractivity contribution in [1.29, 1.82) is 0 Å². The molecule has 0 unspecified atom stereocenters. The van der Waals surface area contributed by atoms with Crippen LogP contribution in [0.3, 0.4) is 0 Å². The topological polar surface area (TPSA) is 85.1 Å². The molecule has 2 aliphatic rings. The molecule has 2 aromatic heterocycles. The lowest BCUT2D eigenvalue weighted by Gasteiger charge is -2.42. The number of nitrogens with one attached hydrogen (secondary N) is 1. The zero-order valence-electron chi connectivity index (χ0n) is 16.7. The molecule has 1 aromatic carbocycles. The van der Waals surface area contributed by atoms with Gasteiger partial charge in [-0.1, -0.05) is 12.5 Å². The fraction of sp³-hybridized carbons (Fsp3) is 0.409. The molecule has 0 amide bonds. The van der Waals surface area contributed by atoms with Crippen molar-refractivity contribution >= 4 is 0 Å². The van der Waals surface area contributed by atoms with Crippen molar-refractivity contribution in [3.63, 3.8) is 0 Å². The summed E-state index contributed by atoms with van der Waals surface area (Å²) in [6.45, 7) is 0. The number of aromatic hydroxyl groups is 1. The molecule has 2 N–H and O–H groups in total. The molecule has 2 fully saturated rings. The minimum atomic E-state index is -1.05. The molecule has 2 saturated heterocycles. The Morgan fingerprint density at radius 3 is 2.80 bits per heavy atom. The fourth-order valence-electron chi connectivity index (χ4n) is 4.45. The maximum Gasteiger partial charge on any atom is 0.233 e. The molecule has 0 radical (unpaired) electrons. The number of fused-ring (bicyclic) bond motifs is 2. The highest BCUT2D eigenvalue weighted by Crippen LogP contribution is 2.33. The normalized spacial score (nSPS) is 25.8. The largest absolute Gasteiger partial charge is 0.507 e. The number of aromatic nitrogens is 4. The number of aryl methyl sites for hydroxylation is 1. The molecule has 0 saturated carbocycles. The number of nitrogens with zero attached hydrogens (tertiary/aromatic N) is 4. The first kappa shape index (κ1) is 19.0. The number of rotatable bonds is 4. The lowest BCUT2D eigenvalue weighted by atomic mass is 9.84. The molecule has 7 nitrogen and oxygen atoms in total. The third kappa shape index (κ3) is 3.63. The van der Waals surface area contributed by atoms with E-state index in [1.54, 1.807) is 35.1 Å². The molecule has 3 aromatic rings. The number of hydrogen-bond acceptors (Lipinski definition) is 6. The first-order chi connectivity index (χ1) is 14.6. The average Bonchev–Trinajstić information content (AvgIpc) is 3.19. The number of phenolic OH excluding ortho intramolecular Hbond substituents is 1. The van der Waals surface area contributed by atoms with Crippen molar-refractivity contribution in [1.82, 2.24) is 25.3 Å². The summed E-state index contributed by atoms with van der Waals surface area (Å²) in [7, 11) is 1.85. The Kier molecular flexibility index (Phi) is 4.86. The number of halogens is 1. The number of phenols is 1. The number of ether oxygens (including phenoxy) is 1. The van der Waals surface area contributed by atoms with E-state index in [0.29, 0.717) is 29.6 Å². The molecule has 0 spiro atoms. The van der Waals surface area contributed by atoms with Gasteiger partial charge in [-0.2, -0.15) is 5.10 Å². The predicted octanol–water partition coefficient (Wildman–Crippen LogP) is 3.25. The van der Waals surface area contributed by atoms with Crippen molar-refractivity contribution in [3.8, 4) is 34.0 Å². The van der Waals surface area contributed by atoms with Crippen molar-refractivity contribution < 1.29 is 14.2 Å². The van der Waals surface area contributed by atoms with E-state index < -0.39 is 12.3 Å². The van der Waals surface area contributed by atoms with Crippen LogP contribution in [-0.4, -0.2) is 49.4 Å². The smallest absolute Gasteiger partial charge is 0.233 e. The second kappa shape index (κ2) is 7.68. The van der Waals surface area contributed by atoms with Gasteiger partial charge >= 0.3 is 0 Å². The zero-order chi connectivity index (χ0) is 20.7. The van der Waals surface area contributed by atoms with Crippen molar-refractivity contribution in [2.24, 2.45) is 7.05 Å². The van der Waals surface area contributed by atoms with Crippen molar-refractivity contribution in [2.45, 2.75) is 50.0 Å². The third-order valence-electron chi connectivity index (χ3n) is 6.00. The van der Waals surface area contributed by atoms with E-state index in [0.717, 1.165) is 30.4 Å². The predicted molar refractivity (Wildman–Crippen MR) is 110 cm³/mol. The SMILES string of the molecule is Cn1cc(-c2ccc(-c3ccc(O[C@@H]4C[C@H]5CCC[C@H](N5)[C@@H]4F)nn3)c(O)c2)cn1. The molecule has 0 aliphatic carbocycles. The van der Waals surface area contributed by atoms with Crippen molar-refractivity contribution in [2.75, 3.05) is 0 Å². The second-order valence-electron chi connectivity index (χ2n) is 8.13. The van der Waals surface area contributed by atoms with E-state index in [2.05, 4.69) is 20.6 Å². The quantitative estimate of drug-likeness (QED) is 0.688. The van der Waals surface area contributed by atoms with Crippen LogP contribution in [0.5, 0.6) is 11.6 Å². The Hall–Kier alpha value is -3.00.